The Morgan fingerprint density at radius 2 is 1.79 bits per heavy atom. The molecule has 0 aromatic heterocycles. The molecule has 2 aliphatic rings. The lowest BCUT2D eigenvalue weighted by molar-refractivity contribution is -0.121. The summed E-state index contributed by atoms with van der Waals surface area (Å²) in [6.45, 7) is 9.31. The molecule has 1 heterocycles. The normalized spacial score (nSPS) is 24.0. The Labute approximate surface area is 169 Å². The summed E-state index contributed by atoms with van der Waals surface area (Å²) in [4.78, 5) is 14.5. The molecule has 1 amide bonds. The first-order valence-corrected chi connectivity index (χ1v) is 10.6. The van der Waals surface area contributed by atoms with Crippen LogP contribution in [0, 0.1) is 19.8 Å². The van der Waals surface area contributed by atoms with Gasteiger partial charge in [-0.15, -0.1) is 0 Å². The van der Waals surface area contributed by atoms with E-state index in [0.717, 1.165) is 37.8 Å². The largest absolute Gasteiger partial charge is 0.347 e. The summed E-state index contributed by atoms with van der Waals surface area (Å²) in [5, 5.41) is 3.28. The average Bonchev–Trinajstić information content (AvgIpc) is 3.45. The molecule has 2 aromatic rings. The molecule has 1 N–H and O–H groups in total. The number of hydrogen-bond donors (Lipinski definition) is 1. The second kappa shape index (κ2) is 7.71. The van der Waals surface area contributed by atoms with Gasteiger partial charge < -0.3 is 10.2 Å². The average molecular weight is 377 g/mol. The van der Waals surface area contributed by atoms with Gasteiger partial charge in [-0.1, -0.05) is 48.5 Å². The van der Waals surface area contributed by atoms with Crippen LogP contribution in [0.3, 0.4) is 0 Å². The zero-order chi connectivity index (χ0) is 19.7. The van der Waals surface area contributed by atoms with Gasteiger partial charge in [0.25, 0.3) is 0 Å². The number of nitrogens with zero attached hydrogens (tertiary/aromatic N) is 1. The Kier molecular flexibility index (Phi) is 5.29. The number of likely N-dealkylation sites (tertiary alicyclic amines) is 1. The van der Waals surface area contributed by atoms with Crippen molar-refractivity contribution in [1.82, 2.24) is 10.2 Å². The number of nitrogens with one attached hydrogen (secondary N) is 1. The molecule has 4 rings (SSSR count). The van der Waals surface area contributed by atoms with Crippen LogP contribution < -0.4 is 5.32 Å². The minimum absolute atomic E-state index is 0.0642. The van der Waals surface area contributed by atoms with Crippen molar-refractivity contribution in [2.45, 2.75) is 51.5 Å². The van der Waals surface area contributed by atoms with E-state index in [2.05, 4.69) is 66.5 Å². The summed E-state index contributed by atoms with van der Waals surface area (Å²) in [7, 11) is 0. The van der Waals surface area contributed by atoms with Gasteiger partial charge in [-0.3, -0.25) is 4.79 Å². The molecule has 28 heavy (non-hydrogen) atoms. The molecule has 2 atom stereocenters. The Morgan fingerprint density at radius 1 is 1.07 bits per heavy atom. The number of benzene rings is 2. The maximum Gasteiger partial charge on any atom is 0.217 e. The van der Waals surface area contributed by atoms with Crippen LogP contribution in [-0.4, -0.2) is 30.4 Å². The summed E-state index contributed by atoms with van der Waals surface area (Å²) in [6.07, 6.45) is 3.28. The van der Waals surface area contributed by atoms with Crippen LogP contribution in [0.5, 0.6) is 0 Å². The van der Waals surface area contributed by atoms with Crippen LogP contribution in [0.4, 0.5) is 0 Å². The van der Waals surface area contributed by atoms with Crippen molar-refractivity contribution in [3.05, 3.63) is 70.8 Å². The number of carbonyl (C=O) groups excluding carboxylic acids is 1. The molecule has 0 spiro atoms. The van der Waals surface area contributed by atoms with E-state index in [1.54, 1.807) is 6.92 Å². The third-order valence-electron chi connectivity index (χ3n) is 6.83. The van der Waals surface area contributed by atoms with Crippen molar-refractivity contribution in [3.63, 3.8) is 0 Å². The lowest BCUT2D eigenvalue weighted by Crippen LogP contribution is -2.52. The third-order valence-corrected chi connectivity index (χ3v) is 6.83. The Balaban J connectivity index is 1.37. The minimum Gasteiger partial charge on any atom is -0.347 e. The van der Waals surface area contributed by atoms with E-state index in [1.165, 1.54) is 35.2 Å². The first-order valence-electron chi connectivity index (χ1n) is 10.6. The first kappa shape index (κ1) is 19.2. The highest BCUT2D eigenvalue weighted by atomic mass is 16.1. The van der Waals surface area contributed by atoms with Gasteiger partial charge in [-0.05, 0) is 67.2 Å². The molecule has 1 saturated heterocycles. The molecule has 0 unspecified atom stereocenters. The van der Waals surface area contributed by atoms with Crippen LogP contribution in [0.2, 0.25) is 0 Å². The van der Waals surface area contributed by atoms with Gasteiger partial charge in [0.15, 0.2) is 0 Å². The molecule has 1 aliphatic heterocycles. The van der Waals surface area contributed by atoms with E-state index in [9.17, 15) is 4.79 Å². The highest BCUT2D eigenvalue weighted by Crippen LogP contribution is 2.48. The van der Waals surface area contributed by atoms with Crippen LogP contribution in [-0.2, 0) is 10.3 Å². The number of hydrogen-bond acceptors (Lipinski definition) is 2. The molecular formula is C25H32N2O. The SMILES string of the molecule is CC(=O)NC1(c2ccccc2)CCN(C[C@@H]2C[C@@H]2c2ccc(C)c(C)c2)CC1. The second-order valence-corrected chi connectivity index (χ2v) is 8.88. The number of rotatable bonds is 5. The van der Waals surface area contributed by atoms with Gasteiger partial charge in [-0.2, -0.15) is 0 Å². The fraction of sp³-hybridized carbons (Fsp3) is 0.480. The van der Waals surface area contributed by atoms with Crippen molar-refractivity contribution in [2.75, 3.05) is 19.6 Å². The molecule has 3 heteroatoms. The molecular weight excluding hydrogens is 344 g/mol. The monoisotopic (exact) mass is 376 g/mol. The predicted octanol–water partition coefficient (Wildman–Crippen LogP) is 4.53. The number of aryl methyl sites for hydroxylation is 2. The van der Waals surface area contributed by atoms with Gasteiger partial charge in [0.2, 0.25) is 5.91 Å². The molecule has 148 valence electrons. The van der Waals surface area contributed by atoms with E-state index in [1.807, 2.05) is 6.07 Å². The van der Waals surface area contributed by atoms with Crippen LogP contribution in [0.25, 0.3) is 0 Å². The van der Waals surface area contributed by atoms with Gasteiger partial charge in [0, 0.05) is 26.6 Å². The summed E-state index contributed by atoms with van der Waals surface area (Å²) >= 11 is 0. The lowest BCUT2D eigenvalue weighted by atomic mass is 9.80. The maximum absolute atomic E-state index is 11.9. The zero-order valence-corrected chi connectivity index (χ0v) is 17.4. The highest BCUT2D eigenvalue weighted by Gasteiger charge is 2.42. The van der Waals surface area contributed by atoms with Crippen molar-refractivity contribution in [3.8, 4) is 0 Å². The first-order chi connectivity index (χ1) is 13.5. The molecule has 1 saturated carbocycles. The van der Waals surface area contributed by atoms with E-state index in [4.69, 9.17) is 0 Å². The van der Waals surface area contributed by atoms with Gasteiger partial charge in [0.05, 0.1) is 5.54 Å². The Hall–Kier alpha value is -2.13. The van der Waals surface area contributed by atoms with E-state index < -0.39 is 0 Å². The Morgan fingerprint density at radius 3 is 2.43 bits per heavy atom. The molecule has 2 aromatic carbocycles. The zero-order valence-electron chi connectivity index (χ0n) is 17.4. The summed E-state index contributed by atoms with van der Waals surface area (Å²) in [6, 6.07) is 17.5. The van der Waals surface area contributed by atoms with Crippen molar-refractivity contribution >= 4 is 5.91 Å². The van der Waals surface area contributed by atoms with Gasteiger partial charge >= 0.3 is 0 Å². The lowest BCUT2D eigenvalue weighted by Gasteiger charge is -2.43. The maximum atomic E-state index is 11.9. The third kappa shape index (κ3) is 4.00. The second-order valence-electron chi connectivity index (χ2n) is 8.88. The summed E-state index contributed by atoms with van der Waals surface area (Å²) < 4.78 is 0. The summed E-state index contributed by atoms with van der Waals surface area (Å²) in [5.41, 5.74) is 5.34. The van der Waals surface area contributed by atoms with Crippen LogP contribution >= 0.6 is 0 Å². The van der Waals surface area contributed by atoms with Gasteiger partial charge in [-0.25, -0.2) is 0 Å². The molecule has 0 radical (unpaired) electrons. The smallest absolute Gasteiger partial charge is 0.217 e. The van der Waals surface area contributed by atoms with E-state index in [-0.39, 0.29) is 11.4 Å². The summed E-state index contributed by atoms with van der Waals surface area (Å²) in [5.74, 6) is 1.58. The fourth-order valence-corrected chi connectivity index (χ4v) is 4.88. The number of piperidine rings is 1. The Bertz CT molecular complexity index is 837. The van der Waals surface area contributed by atoms with Crippen LogP contribution in [0.1, 0.15) is 54.4 Å². The quantitative estimate of drug-likeness (QED) is 0.831. The highest BCUT2D eigenvalue weighted by molar-refractivity contribution is 5.74. The van der Waals surface area contributed by atoms with Crippen LogP contribution in [0.15, 0.2) is 48.5 Å². The number of carbonyl (C=O) groups is 1. The molecule has 2 fully saturated rings. The molecule has 3 nitrogen and oxygen atoms in total. The number of amides is 1. The van der Waals surface area contributed by atoms with Crippen molar-refractivity contribution in [1.29, 1.82) is 0 Å². The van der Waals surface area contributed by atoms with Crippen molar-refractivity contribution < 1.29 is 4.79 Å². The van der Waals surface area contributed by atoms with E-state index in [0.29, 0.717) is 0 Å². The topological polar surface area (TPSA) is 32.3 Å². The standard InChI is InChI=1S/C25H32N2O/c1-18-9-10-21(15-19(18)2)24-16-22(24)17-27-13-11-25(12-14-27,26-20(3)28)23-7-5-4-6-8-23/h4-10,15,22,24H,11-14,16-17H2,1-3H3,(H,26,28)/t22-,24+/m0/s1. The molecule has 1 aliphatic carbocycles. The van der Waals surface area contributed by atoms with E-state index >= 15 is 0 Å². The predicted molar refractivity (Wildman–Crippen MR) is 114 cm³/mol. The molecule has 0 bridgehead atoms. The van der Waals surface area contributed by atoms with Gasteiger partial charge in [0.1, 0.15) is 0 Å². The van der Waals surface area contributed by atoms with Crippen molar-refractivity contribution in [2.24, 2.45) is 5.92 Å². The minimum atomic E-state index is -0.208. The fourth-order valence-electron chi connectivity index (χ4n) is 4.88.